The van der Waals surface area contributed by atoms with Gasteiger partial charge in [0.1, 0.15) is 18.4 Å². The molecule has 1 aliphatic heterocycles. The number of ketones is 3. The Bertz CT molecular complexity index is 903. The first kappa shape index (κ1) is 17.8. The molecule has 3 rings (SSSR count). The van der Waals surface area contributed by atoms with Crippen LogP contribution in [-0.4, -0.2) is 33.9 Å². The van der Waals surface area contributed by atoms with E-state index in [4.69, 9.17) is 9.47 Å². The van der Waals surface area contributed by atoms with Crippen LogP contribution in [0.5, 0.6) is 0 Å². The summed E-state index contributed by atoms with van der Waals surface area (Å²) in [6.45, 7) is 3.82. The van der Waals surface area contributed by atoms with Crippen LogP contribution in [0.2, 0.25) is 0 Å². The number of fused-ring (bicyclic) bond motifs is 3. The van der Waals surface area contributed by atoms with E-state index in [2.05, 4.69) is 0 Å². The van der Waals surface area contributed by atoms with Crippen LogP contribution in [0.25, 0.3) is 0 Å². The van der Waals surface area contributed by atoms with E-state index in [1.54, 1.807) is 4.57 Å². The average molecular weight is 359 g/mol. The van der Waals surface area contributed by atoms with E-state index in [1.165, 1.54) is 20.8 Å². The van der Waals surface area contributed by atoms with Crippen LogP contribution in [0.1, 0.15) is 65.4 Å². The molecule has 1 aromatic heterocycles. The first-order valence-electron chi connectivity index (χ1n) is 8.09. The maximum atomic E-state index is 12.8. The molecule has 8 nitrogen and oxygen atoms in total. The van der Waals surface area contributed by atoms with Crippen molar-refractivity contribution in [2.24, 2.45) is 0 Å². The Hall–Kier alpha value is -3.03. The molecule has 26 heavy (non-hydrogen) atoms. The molecule has 0 bridgehead atoms. The number of Topliss-reactive ketones (excluding diaryl/α,β-unsaturated/α-hetero) is 2. The van der Waals surface area contributed by atoms with Gasteiger partial charge in [0, 0.05) is 38.5 Å². The lowest BCUT2D eigenvalue weighted by Crippen LogP contribution is -2.23. The highest BCUT2D eigenvalue weighted by Gasteiger charge is 2.41. The Morgan fingerprint density at radius 1 is 1.15 bits per heavy atom. The monoisotopic (exact) mass is 359 g/mol. The Kier molecular flexibility index (Phi) is 4.35. The minimum Gasteiger partial charge on any atom is -0.461 e. The summed E-state index contributed by atoms with van der Waals surface area (Å²) < 4.78 is 12.0. The summed E-state index contributed by atoms with van der Waals surface area (Å²) in [6.07, 6.45) is 0.833. The Balaban J connectivity index is 2.19. The van der Waals surface area contributed by atoms with E-state index in [9.17, 15) is 24.0 Å². The van der Waals surface area contributed by atoms with Gasteiger partial charge in [-0.3, -0.25) is 24.0 Å². The van der Waals surface area contributed by atoms with Crippen molar-refractivity contribution < 1.29 is 33.4 Å². The van der Waals surface area contributed by atoms with Crippen LogP contribution in [0.3, 0.4) is 0 Å². The molecule has 0 fully saturated rings. The highest BCUT2D eigenvalue weighted by atomic mass is 16.5. The van der Waals surface area contributed by atoms with Crippen molar-refractivity contribution in [3.63, 3.8) is 0 Å². The SMILES string of the molecule is CC(=O)OCc1c2c(n3c1C(OC(C)=O)CC3)C(=O)C=C(C(C)=O)C2=O. The predicted molar refractivity (Wildman–Crippen MR) is 86.5 cm³/mol. The number of allylic oxidation sites excluding steroid dienone is 2. The van der Waals surface area contributed by atoms with Crippen LogP contribution < -0.4 is 0 Å². The number of rotatable bonds is 4. The van der Waals surface area contributed by atoms with Gasteiger partial charge in [-0.15, -0.1) is 0 Å². The van der Waals surface area contributed by atoms with Crippen molar-refractivity contribution in [1.29, 1.82) is 0 Å². The van der Waals surface area contributed by atoms with Crippen LogP contribution in [0, 0.1) is 0 Å². The number of nitrogens with zero attached hydrogens (tertiary/aromatic N) is 1. The topological polar surface area (TPSA) is 109 Å². The van der Waals surface area contributed by atoms with Gasteiger partial charge in [-0.25, -0.2) is 0 Å². The maximum absolute atomic E-state index is 12.8. The van der Waals surface area contributed by atoms with Crippen LogP contribution in [0.4, 0.5) is 0 Å². The van der Waals surface area contributed by atoms with Gasteiger partial charge in [-0.2, -0.15) is 0 Å². The van der Waals surface area contributed by atoms with Gasteiger partial charge in [0.15, 0.2) is 11.6 Å². The second-order valence-electron chi connectivity index (χ2n) is 6.21. The molecule has 8 heteroatoms. The van der Waals surface area contributed by atoms with Crippen molar-refractivity contribution in [2.45, 2.75) is 46.4 Å². The highest BCUT2D eigenvalue weighted by Crippen LogP contribution is 2.40. The molecule has 1 aliphatic carbocycles. The first-order chi connectivity index (χ1) is 12.2. The number of carbonyl (C=O) groups excluding carboxylic acids is 5. The predicted octanol–water partition coefficient (Wildman–Crippen LogP) is 1.45. The lowest BCUT2D eigenvalue weighted by Gasteiger charge is -2.15. The smallest absolute Gasteiger partial charge is 0.303 e. The number of ether oxygens (including phenoxy) is 2. The van der Waals surface area contributed by atoms with Gasteiger partial charge in [0.25, 0.3) is 0 Å². The molecule has 1 aromatic rings. The Morgan fingerprint density at radius 3 is 2.42 bits per heavy atom. The molecular weight excluding hydrogens is 342 g/mol. The average Bonchev–Trinajstić information content (AvgIpc) is 3.07. The van der Waals surface area contributed by atoms with Gasteiger partial charge >= 0.3 is 11.9 Å². The van der Waals surface area contributed by atoms with Gasteiger partial charge in [0.05, 0.1) is 16.8 Å². The van der Waals surface area contributed by atoms with E-state index in [-0.39, 0.29) is 23.4 Å². The van der Waals surface area contributed by atoms with Crippen LogP contribution in [-0.2, 0) is 37.0 Å². The van der Waals surface area contributed by atoms with Crippen molar-refractivity contribution in [1.82, 2.24) is 4.57 Å². The van der Waals surface area contributed by atoms with E-state index in [0.29, 0.717) is 24.2 Å². The van der Waals surface area contributed by atoms with E-state index < -0.39 is 35.4 Å². The second-order valence-corrected chi connectivity index (χ2v) is 6.21. The van der Waals surface area contributed by atoms with Gasteiger partial charge < -0.3 is 14.0 Å². The van der Waals surface area contributed by atoms with Gasteiger partial charge in [-0.1, -0.05) is 0 Å². The summed E-state index contributed by atoms with van der Waals surface area (Å²) in [4.78, 5) is 59.7. The molecular formula is C18H17NO7. The van der Waals surface area contributed by atoms with Crippen molar-refractivity contribution in [3.05, 3.63) is 34.2 Å². The summed E-state index contributed by atoms with van der Waals surface area (Å²) in [6, 6.07) is 0. The minimum atomic E-state index is -0.648. The Morgan fingerprint density at radius 2 is 1.85 bits per heavy atom. The molecule has 2 heterocycles. The zero-order chi connectivity index (χ0) is 19.2. The summed E-state index contributed by atoms with van der Waals surface area (Å²) in [5.41, 5.74) is 0.762. The quantitative estimate of drug-likeness (QED) is 0.591. The molecule has 0 N–H and O–H groups in total. The molecule has 0 amide bonds. The number of hydrogen-bond acceptors (Lipinski definition) is 7. The molecule has 0 spiro atoms. The minimum absolute atomic E-state index is 0.0517. The van der Waals surface area contributed by atoms with Crippen molar-refractivity contribution in [2.75, 3.05) is 0 Å². The molecule has 0 saturated heterocycles. The maximum Gasteiger partial charge on any atom is 0.303 e. The number of aromatic nitrogens is 1. The standard InChI is InChI=1S/C18H17NO7/c1-8(20)11-6-13(23)17-15(18(11)24)12(7-25-9(2)21)16-14(26-10(3)22)4-5-19(16)17/h6,14H,4-5,7H2,1-3H3. The summed E-state index contributed by atoms with van der Waals surface area (Å²) in [7, 11) is 0. The van der Waals surface area contributed by atoms with E-state index in [0.717, 1.165) is 6.08 Å². The lowest BCUT2D eigenvalue weighted by molar-refractivity contribution is -0.147. The fourth-order valence-corrected chi connectivity index (χ4v) is 3.47. The number of hydrogen-bond donors (Lipinski definition) is 0. The summed E-state index contributed by atoms with van der Waals surface area (Å²) >= 11 is 0. The number of esters is 2. The molecule has 1 atom stereocenters. The van der Waals surface area contributed by atoms with Gasteiger partial charge in [-0.05, 0) is 6.92 Å². The normalized spacial score (nSPS) is 18.1. The van der Waals surface area contributed by atoms with E-state index >= 15 is 0 Å². The molecule has 0 radical (unpaired) electrons. The zero-order valence-corrected chi connectivity index (χ0v) is 14.6. The van der Waals surface area contributed by atoms with Gasteiger partial charge in [0.2, 0.25) is 5.78 Å². The molecule has 1 unspecified atom stereocenters. The Labute approximate surface area is 148 Å². The van der Waals surface area contributed by atoms with Crippen molar-refractivity contribution in [3.8, 4) is 0 Å². The third-order valence-electron chi connectivity index (χ3n) is 4.42. The van der Waals surface area contributed by atoms with E-state index in [1.807, 2.05) is 0 Å². The fourth-order valence-electron chi connectivity index (χ4n) is 3.47. The third-order valence-corrected chi connectivity index (χ3v) is 4.42. The molecule has 0 saturated carbocycles. The number of carbonyl (C=O) groups is 5. The lowest BCUT2D eigenvalue weighted by atomic mass is 9.89. The summed E-state index contributed by atoms with van der Waals surface area (Å²) in [5.74, 6) is -2.63. The zero-order valence-electron chi connectivity index (χ0n) is 14.6. The fraction of sp³-hybridized carbons (Fsp3) is 0.389. The largest absolute Gasteiger partial charge is 0.461 e. The second kappa shape index (κ2) is 6.36. The first-order valence-corrected chi connectivity index (χ1v) is 8.09. The van der Waals surface area contributed by atoms with Crippen LogP contribution in [0.15, 0.2) is 11.6 Å². The summed E-state index contributed by atoms with van der Waals surface area (Å²) in [5, 5.41) is 0. The van der Waals surface area contributed by atoms with Crippen LogP contribution >= 0.6 is 0 Å². The van der Waals surface area contributed by atoms with Crippen molar-refractivity contribution >= 4 is 29.3 Å². The highest BCUT2D eigenvalue weighted by molar-refractivity contribution is 6.34. The third kappa shape index (κ3) is 2.77. The molecule has 0 aromatic carbocycles. The molecule has 136 valence electrons. The molecule has 2 aliphatic rings.